The highest BCUT2D eigenvalue weighted by atomic mass is 16.5. The zero-order chi connectivity index (χ0) is 15.4. The van der Waals surface area contributed by atoms with Crippen molar-refractivity contribution in [2.45, 2.75) is 0 Å². The highest BCUT2D eigenvalue weighted by molar-refractivity contribution is 5.90. The van der Waals surface area contributed by atoms with Gasteiger partial charge in [-0.25, -0.2) is 4.79 Å². The topological polar surface area (TPSA) is 113 Å². The van der Waals surface area contributed by atoms with E-state index < -0.39 is 11.7 Å². The third-order valence-electron chi connectivity index (χ3n) is 2.54. The molecule has 0 heterocycles. The standard InChI is InChI=1S/C14H10O7/c15-7-20-13-4-2-9(6-12(13)17)21-8-1-3-10(14(18)19)11(16)5-8/h1-7,16-17H,(H,18,19). The lowest BCUT2D eigenvalue weighted by atomic mass is 10.2. The number of phenols is 2. The maximum atomic E-state index is 10.8. The van der Waals surface area contributed by atoms with E-state index in [2.05, 4.69) is 4.74 Å². The fourth-order valence-corrected chi connectivity index (χ4v) is 1.60. The van der Waals surface area contributed by atoms with Crippen LogP contribution in [0.25, 0.3) is 0 Å². The van der Waals surface area contributed by atoms with Crippen LogP contribution in [0.3, 0.4) is 0 Å². The van der Waals surface area contributed by atoms with Crippen molar-refractivity contribution in [2.75, 3.05) is 0 Å². The molecule has 0 amide bonds. The van der Waals surface area contributed by atoms with Gasteiger partial charge in [-0.3, -0.25) is 4.79 Å². The summed E-state index contributed by atoms with van der Waals surface area (Å²) in [5.41, 5.74) is -0.250. The number of carboxylic acid groups (broad SMARTS) is 1. The van der Waals surface area contributed by atoms with Gasteiger partial charge < -0.3 is 24.8 Å². The number of carbonyl (C=O) groups excluding carboxylic acids is 1. The van der Waals surface area contributed by atoms with Gasteiger partial charge in [0.2, 0.25) is 0 Å². The molecule has 2 aromatic carbocycles. The molecule has 0 bridgehead atoms. The van der Waals surface area contributed by atoms with Crippen molar-refractivity contribution in [3.8, 4) is 28.7 Å². The number of phenolic OH excluding ortho intramolecular Hbond substituents is 1. The van der Waals surface area contributed by atoms with Crippen molar-refractivity contribution in [3.63, 3.8) is 0 Å². The minimum atomic E-state index is -1.26. The molecule has 2 rings (SSSR count). The fraction of sp³-hybridized carbons (Fsp3) is 0. The molecule has 108 valence electrons. The van der Waals surface area contributed by atoms with Crippen molar-refractivity contribution in [2.24, 2.45) is 0 Å². The maximum absolute atomic E-state index is 10.8. The number of carbonyl (C=O) groups is 2. The molecule has 0 saturated heterocycles. The molecule has 0 radical (unpaired) electrons. The third kappa shape index (κ3) is 3.21. The quantitative estimate of drug-likeness (QED) is 0.723. The van der Waals surface area contributed by atoms with Crippen LogP contribution in [0.2, 0.25) is 0 Å². The number of aromatic hydroxyl groups is 2. The third-order valence-corrected chi connectivity index (χ3v) is 2.54. The lowest BCUT2D eigenvalue weighted by molar-refractivity contribution is -0.120. The summed E-state index contributed by atoms with van der Waals surface area (Å²) in [5, 5.41) is 27.9. The van der Waals surface area contributed by atoms with Crippen LogP contribution in [0.1, 0.15) is 10.4 Å². The molecule has 0 aliphatic carbocycles. The van der Waals surface area contributed by atoms with E-state index in [1.54, 1.807) is 0 Å². The summed E-state index contributed by atoms with van der Waals surface area (Å²) in [4.78, 5) is 20.9. The molecule has 0 aromatic heterocycles. The average Bonchev–Trinajstić information content (AvgIpc) is 2.41. The summed E-state index contributed by atoms with van der Waals surface area (Å²) in [7, 11) is 0. The van der Waals surface area contributed by atoms with Crippen LogP contribution in [0, 0.1) is 0 Å². The molecule has 0 unspecified atom stereocenters. The van der Waals surface area contributed by atoms with Crippen LogP contribution in [0.4, 0.5) is 0 Å². The zero-order valence-corrected chi connectivity index (χ0v) is 10.5. The second kappa shape index (κ2) is 5.83. The van der Waals surface area contributed by atoms with Gasteiger partial charge in [-0.2, -0.15) is 0 Å². The van der Waals surface area contributed by atoms with Gasteiger partial charge in [0.15, 0.2) is 11.5 Å². The van der Waals surface area contributed by atoms with Crippen molar-refractivity contribution < 1.29 is 34.4 Å². The molecule has 0 aliphatic rings. The Morgan fingerprint density at radius 2 is 1.62 bits per heavy atom. The average molecular weight is 290 g/mol. The summed E-state index contributed by atoms with van der Waals surface area (Å²) >= 11 is 0. The molecule has 0 atom stereocenters. The Hall–Kier alpha value is -3.22. The van der Waals surface area contributed by atoms with E-state index >= 15 is 0 Å². The first-order valence-electron chi connectivity index (χ1n) is 5.68. The Bertz CT molecular complexity index is 694. The number of ether oxygens (including phenoxy) is 2. The van der Waals surface area contributed by atoms with Gasteiger partial charge in [-0.15, -0.1) is 0 Å². The first-order chi connectivity index (χ1) is 10.0. The summed E-state index contributed by atoms with van der Waals surface area (Å²) in [6.07, 6.45) is 0. The van der Waals surface area contributed by atoms with Crippen LogP contribution >= 0.6 is 0 Å². The number of aromatic carboxylic acids is 1. The lowest BCUT2D eigenvalue weighted by Crippen LogP contribution is -1.96. The predicted molar refractivity (Wildman–Crippen MR) is 69.9 cm³/mol. The summed E-state index contributed by atoms with van der Waals surface area (Å²) < 4.78 is 9.86. The summed E-state index contributed by atoms with van der Waals surface area (Å²) in [6, 6.07) is 7.65. The SMILES string of the molecule is O=COc1ccc(Oc2ccc(C(=O)O)c(O)c2)cc1O. The maximum Gasteiger partial charge on any atom is 0.339 e. The van der Waals surface area contributed by atoms with Gasteiger partial charge in [0.25, 0.3) is 6.47 Å². The number of benzene rings is 2. The van der Waals surface area contributed by atoms with Gasteiger partial charge in [0.05, 0.1) is 0 Å². The van der Waals surface area contributed by atoms with Crippen molar-refractivity contribution >= 4 is 12.4 Å². The van der Waals surface area contributed by atoms with E-state index in [1.165, 1.54) is 30.3 Å². The molecule has 21 heavy (non-hydrogen) atoms. The van der Waals surface area contributed by atoms with Crippen molar-refractivity contribution in [1.29, 1.82) is 0 Å². The zero-order valence-electron chi connectivity index (χ0n) is 10.5. The number of carboxylic acids is 1. The summed E-state index contributed by atoms with van der Waals surface area (Å²) in [5.74, 6) is -1.63. The van der Waals surface area contributed by atoms with E-state index in [0.717, 1.165) is 6.07 Å². The highest BCUT2D eigenvalue weighted by Gasteiger charge is 2.11. The van der Waals surface area contributed by atoms with Crippen molar-refractivity contribution in [3.05, 3.63) is 42.0 Å². The van der Waals surface area contributed by atoms with Gasteiger partial charge >= 0.3 is 5.97 Å². The molecule has 7 heteroatoms. The number of rotatable bonds is 5. The van der Waals surface area contributed by atoms with E-state index in [4.69, 9.17) is 9.84 Å². The van der Waals surface area contributed by atoms with Crippen LogP contribution in [0.5, 0.6) is 28.7 Å². The monoisotopic (exact) mass is 290 g/mol. The van der Waals surface area contributed by atoms with E-state index in [9.17, 15) is 19.8 Å². The molecular formula is C14H10O7. The lowest BCUT2D eigenvalue weighted by Gasteiger charge is -2.09. The first kappa shape index (κ1) is 14.2. The van der Waals surface area contributed by atoms with Gasteiger partial charge in [0.1, 0.15) is 22.8 Å². The fourth-order valence-electron chi connectivity index (χ4n) is 1.60. The van der Waals surface area contributed by atoms with Gasteiger partial charge in [-0.05, 0) is 24.3 Å². The molecule has 2 aromatic rings. The predicted octanol–water partition coefficient (Wildman–Crippen LogP) is 2.12. The van der Waals surface area contributed by atoms with Crippen molar-refractivity contribution in [1.82, 2.24) is 0 Å². The Kier molecular flexibility index (Phi) is 3.94. The Balaban J connectivity index is 2.22. The normalized spacial score (nSPS) is 9.90. The molecule has 0 fully saturated rings. The molecule has 3 N–H and O–H groups in total. The van der Waals surface area contributed by atoms with Crippen LogP contribution < -0.4 is 9.47 Å². The largest absolute Gasteiger partial charge is 0.507 e. The Morgan fingerprint density at radius 3 is 2.14 bits per heavy atom. The number of hydrogen-bond acceptors (Lipinski definition) is 6. The Labute approximate surface area is 118 Å². The number of hydrogen-bond donors (Lipinski definition) is 3. The van der Waals surface area contributed by atoms with E-state index in [-0.39, 0.29) is 35.0 Å². The van der Waals surface area contributed by atoms with Gasteiger partial charge in [0, 0.05) is 12.1 Å². The molecule has 0 spiro atoms. The Morgan fingerprint density at radius 1 is 1.00 bits per heavy atom. The van der Waals surface area contributed by atoms with Gasteiger partial charge in [-0.1, -0.05) is 0 Å². The first-order valence-corrected chi connectivity index (χ1v) is 5.68. The molecule has 0 saturated carbocycles. The second-order valence-corrected chi connectivity index (χ2v) is 3.93. The highest BCUT2D eigenvalue weighted by Crippen LogP contribution is 2.33. The molecule has 7 nitrogen and oxygen atoms in total. The van der Waals surface area contributed by atoms with Crippen LogP contribution in [-0.2, 0) is 4.79 Å². The molecule has 0 aliphatic heterocycles. The van der Waals surface area contributed by atoms with Crippen LogP contribution in [0.15, 0.2) is 36.4 Å². The van der Waals surface area contributed by atoms with Crippen LogP contribution in [-0.4, -0.2) is 27.8 Å². The minimum absolute atomic E-state index is 0.0265. The van der Waals surface area contributed by atoms with E-state index in [0.29, 0.717) is 0 Å². The molecular weight excluding hydrogens is 280 g/mol. The second-order valence-electron chi connectivity index (χ2n) is 3.93. The summed E-state index contributed by atoms with van der Waals surface area (Å²) in [6.45, 7) is 0.179. The van der Waals surface area contributed by atoms with E-state index in [1.807, 2.05) is 0 Å². The smallest absolute Gasteiger partial charge is 0.339 e. The minimum Gasteiger partial charge on any atom is -0.507 e.